The second-order valence-electron chi connectivity index (χ2n) is 18.2. The van der Waals surface area contributed by atoms with Crippen LogP contribution >= 0.6 is 11.3 Å². The summed E-state index contributed by atoms with van der Waals surface area (Å²) in [6, 6.07) is 19.3. The molecule has 2 aliphatic heterocycles. The third-order valence-corrected chi connectivity index (χ3v) is 13.5. The van der Waals surface area contributed by atoms with E-state index in [1.165, 1.54) is 4.90 Å². The number of nitrogens with zero attached hydrogens (tertiary/aromatic N) is 8. The third-order valence-electron chi connectivity index (χ3n) is 12.5. The number of carbonyl (C=O) groups excluding carboxylic acids is 3. The number of fused-ring (bicyclic) bond motifs is 1. The van der Waals surface area contributed by atoms with Crippen molar-refractivity contribution in [3.63, 3.8) is 0 Å². The normalized spacial score (nSPS) is 17.3. The second kappa shape index (κ2) is 21.7. The Morgan fingerprint density at radius 1 is 0.940 bits per heavy atom. The summed E-state index contributed by atoms with van der Waals surface area (Å²) in [6.07, 6.45) is 4.39. The number of aromatic nitrogens is 5. The highest BCUT2D eigenvalue weighted by molar-refractivity contribution is 7.13. The number of aliphatic hydroxyl groups is 1. The van der Waals surface area contributed by atoms with E-state index in [0.29, 0.717) is 25.7 Å². The standard InChI is InChI=1S/C49H60N10O7S/c1-33-44(67-32-53-33)36-9-7-34(8-10-36)26-50-46(62)43-25-38(60)29-58(43)47(63)42(49(2,3)4)24-39(61)30-65-23-22-64-21-19-56-15-17-57(18-16-56)37-13-11-35(12-14-37)41-28-52-48(59-31-54-55-45(41)59)51-27-40-6-5-20-66-40/h5-14,20,28,31-32,38,42-43,60H,15-19,21-27,29-30H2,1-4H3,(H,50,62)(H,51,52)/t38-,42+,43+/m1/s1. The van der Waals surface area contributed by atoms with E-state index in [-0.39, 0.29) is 56.7 Å². The Bertz CT molecular complexity index is 2570. The number of aryl methyl sites for hydroxylation is 1. The fourth-order valence-corrected chi connectivity index (χ4v) is 9.44. The number of hydrogen-bond acceptors (Lipinski definition) is 15. The van der Waals surface area contributed by atoms with Gasteiger partial charge in [-0.15, -0.1) is 21.5 Å². The topological polar surface area (TPSA) is 193 Å². The number of β-amino-alcohol motifs (C(OH)–C–C–N with tert-alkyl or cyclic N) is 1. The fourth-order valence-electron chi connectivity index (χ4n) is 8.63. The number of rotatable bonds is 20. The molecule has 6 heterocycles. The van der Waals surface area contributed by atoms with E-state index in [0.717, 1.165) is 82.6 Å². The van der Waals surface area contributed by atoms with Crippen molar-refractivity contribution in [2.45, 2.75) is 65.8 Å². The van der Waals surface area contributed by atoms with Crippen LogP contribution < -0.4 is 15.5 Å². The van der Waals surface area contributed by atoms with Crippen LogP contribution in [-0.4, -0.2) is 135 Å². The maximum absolute atomic E-state index is 14.0. The van der Waals surface area contributed by atoms with Gasteiger partial charge in [0.05, 0.1) is 54.8 Å². The summed E-state index contributed by atoms with van der Waals surface area (Å²) in [4.78, 5) is 57.0. The molecule has 2 fully saturated rings. The molecule has 354 valence electrons. The van der Waals surface area contributed by atoms with E-state index < -0.39 is 23.5 Å². The summed E-state index contributed by atoms with van der Waals surface area (Å²) in [5.74, 6) is -0.103. The van der Waals surface area contributed by atoms with Crippen LogP contribution in [0.4, 0.5) is 11.6 Å². The van der Waals surface area contributed by atoms with Gasteiger partial charge in [-0.3, -0.25) is 23.7 Å². The molecule has 6 aromatic rings. The lowest BCUT2D eigenvalue weighted by Gasteiger charge is -2.36. The van der Waals surface area contributed by atoms with Crippen molar-refractivity contribution in [2.24, 2.45) is 11.3 Å². The maximum Gasteiger partial charge on any atom is 0.243 e. The van der Waals surface area contributed by atoms with Crippen LogP contribution in [0.1, 0.15) is 50.6 Å². The number of Topliss-reactive ketones (excluding diaryl/α,β-unsaturated/α-hetero) is 1. The van der Waals surface area contributed by atoms with E-state index >= 15 is 0 Å². The Labute approximate surface area is 394 Å². The van der Waals surface area contributed by atoms with E-state index in [2.05, 4.69) is 64.9 Å². The van der Waals surface area contributed by atoms with Gasteiger partial charge in [-0.1, -0.05) is 57.2 Å². The number of piperazine rings is 1. The molecule has 0 spiro atoms. The van der Waals surface area contributed by atoms with Crippen molar-refractivity contribution in [3.8, 4) is 21.6 Å². The minimum atomic E-state index is -0.833. The monoisotopic (exact) mass is 932 g/mol. The molecule has 3 N–H and O–H groups in total. The number of anilines is 2. The highest BCUT2D eigenvalue weighted by atomic mass is 32.1. The minimum Gasteiger partial charge on any atom is -0.467 e. The summed E-state index contributed by atoms with van der Waals surface area (Å²) in [6.45, 7) is 13.9. The van der Waals surface area contributed by atoms with Gasteiger partial charge in [0.1, 0.15) is 24.7 Å². The minimum absolute atomic E-state index is 0.0320. The summed E-state index contributed by atoms with van der Waals surface area (Å²) in [5, 5.41) is 25.3. The first kappa shape index (κ1) is 47.4. The summed E-state index contributed by atoms with van der Waals surface area (Å²) < 4.78 is 18.8. The zero-order chi connectivity index (χ0) is 46.9. The van der Waals surface area contributed by atoms with Crippen molar-refractivity contribution in [1.29, 1.82) is 0 Å². The van der Waals surface area contributed by atoms with Gasteiger partial charge in [-0.25, -0.2) is 9.97 Å². The molecule has 2 aliphatic rings. The van der Waals surface area contributed by atoms with Gasteiger partial charge < -0.3 is 39.4 Å². The first-order chi connectivity index (χ1) is 32.4. The molecule has 17 nitrogen and oxygen atoms in total. The number of amides is 2. The van der Waals surface area contributed by atoms with Crippen LogP contribution in [0.25, 0.3) is 27.2 Å². The van der Waals surface area contributed by atoms with Crippen molar-refractivity contribution >= 4 is 46.2 Å². The zero-order valence-electron chi connectivity index (χ0n) is 38.6. The van der Waals surface area contributed by atoms with Crippen LogP contribution in [0.2, 0.25) is 0 Å². The average molecular weight is 933 g/mol. The van der Waals surface area contributed by atoms with Crippen LogP contribution in [0.15, 0.2) is 89.4 Å². The van der Waals surface area contributed by atoms with Gasteiger partial charge in [-0.2, -0.15) is 0 Å². The molecule has 2 aromatic carbocycles. The second-order valence-corrected chi connectivity index (χ2v) is 19.1. The number of ketones is 1. The summed E-state index contributed by atoms with van der Waals surface area (Å²) >= 11 is 1.58. The number of aliphatic hydroxyl groups excluding tert-OH is 1. The Kier molecular flexibility index (Phi) is 15.4. The third kappa shape index (κ3) is 11.9. The summed E-state index contributed by atoms with van der Waals surface area (Å²) in [5.41, 5.74) is 7.98. The van der Waals surface area contributed by atoms with Gasteiger partial charge in [0.2, 0.25) is 17.8 Å². The first-order valence-electron chi connectivity index (χ1n) is 22.9. The molecule has 0 unspecified atom stereocenters. The van der Waals surface area contributed by atoms with Gasteiger partial charge in [0.15, 0.2) is 11.4 Å². The Hall–Kier alpha value is -6.05. The van der Waals surface area contributed by atoms with Gasteiger partial charge >= 0.3 is 0 Å². The van der Waals surface area contributed by atoms with Crippen LogP contribution in [0, 0.1) is 18.3 Å². The predicted octanol–water partition coefficient (Wildman–Crippen LogP) is 5.48. The molecule has 18 heteroatoms. The predicted molar refractivity (Wildman–Crippen MR) is 255 cm³/mol. The van der Waals surface area contributed by atoms with Crippen molar-refractivity contribution < 1.29 is 33.4 Å². The van der Waals surface area contributed by atoms with Crippen molar-refractivity contribution in [3.05, 3.63) is 102 Å². The quantitative estimate of drug-likeness (QED) is 0.0815. The molecular formula is C49H60N10O7S. The smallest absolute Gasteiger partial charge is 0.243 e. The SMILES string of the molecule is Cc1ncsc1-c1ccc(CNC(=O)[C@@H]2C[C@@H](O)CN2C(=O)[C@H](CC(=O)COCCOCCN2CCN(c3ccc(-c4cnc(NCc5ccco5)n5cnnc45)cc3)CC2)C(C)(C)C)cc1. The van der Waals surface area contributed by atoms with Crippen molar-refractivity contribution in [1.82, 2.24) is 39.7 Å². The highest BCUT2D eigenvalue weighted by Crippen LogP contribution is 2.34. The number of likely N-dealkylation sites (tertiary alicyclic amines) is 1. The molecule has 3 atom stereocenters. The summed E-state index contributed by atoms with van der Waals surface area (Å²) in [7, 11) is 0. The number of thiazole rings is 1. The zero-order valence-corrected chi connectivity index (χ0v) is 39.4. The Morgan fingerprint density at radius 2 is 1.70 bits per heavy atom. The van der Waals surface area contributed by atoms with Gasteiger partial charge in [-0.05, 0) is 53.3 Å². The molecule has 2 saturated heterocycles. The van der Waals surface area contributed by atoms with Crippen molar-refractivity contribution in [2.75, 3.05) is 75.9 Å². The number of nitrogens with one attached hydrogen (secondary N) is 2. The number of benzene rings is 2. The van der Waals surface area contributed by atoms with E-state index in [1.54, 1.807) is 23.9 Å². The molecule has 0 radical (unpaired) electrons. The average Bonchev–Trinajstić information content (AvgIpc) is 4.18. The highest BCUT2D eigenvalue weighted by Gasteiger charge is 2.44. The molecule has 0 aliphatic carbocycles. The lowest BCUT2D eigenvalue weighted by Crippen LogP contribution is -2.50. The largest absolute Gasteiger partial charge is 0.467 e. The molecule has 67 heavy (non-hydrogen) atoms. The Balaban J connectivity index is 0.721. The molecule has 0 saturated carbocycles. The molecule has 4 aromatic heterocycles. The lowest BCUT2D eigenvalue weighted by atomic mass is 9.77. The molecular weight excluding hydrogens is 873 g/mol. The molecule has 0 bridgehead atoms. The van der Waals surface area contributed by atoms with E-state index in [1.807, 2.05) is 80.2 Å². The molecule has 8 rings (SSSR count). The maximum atomic E-state index is 14.0. The van der Waals surface area contributed by atoms with Crippen LogP contribution in [0.3, 0.4) is 0 Å². The van der Waals surface area contributed by atoms with Crippen LogP contribution in [0.5, 0.6) is 0 Å². The van der Waals surface area contributed by atoms with Gasteiger partial charge in [0, 0.05) is 82.0 Å². The number of ether oxygens (including phenoxy) is 2. The van der Waals surface area contributed by atoms with Crippen LogP contribution in [-0.2, 0) is 36.9 Å². The fraction of sp³-hybridized carbons (Fsp3) is 0.449. The van der Waals surface area contributed by atoms with Gasteiger partial charge in [0.25, 0.3) is 0 Å². The van der Waals surface area contributed by atoms with E-state index in [9.17, 15) is 19.5 Å². The lowest BCUT2D eigenvalue weighted by molar-refractivity contribution is -0.146. The van der Waals surface area contributed by atoms with E-state index in [4.69, 9.17) is 13.9 Å². The molecule has 2 amide bonds. The number of hydrogen-bond donors (Lipinski definition) is 3. The number of carbonyl (C=O) groups is 3. The first-order valence-corrected chi connectivity index (χ1v) is 23.7. The Morgan fingerprint density at radius 3 is 2.42 bits per heavy atom. The number of furan rings is 1.